The molecule has 1 aliphatic rings. The van der Waals surface area contributed by atoms with Gasteiger partial charge in [-0.25, -0.2) is 4.79 Å². The van der Waals surface area contributed by atoms with Gasteiger partial charge in [0.2, 0.25) is 0 Å². The maximum atomic E-state index is 11.6. The first-order chi connectivity index (χ1) is 5.92. The third-order valence-electron chi connectivity index (χ3n) is 2.34. The van der Waals surface area contributed by atoms with E-state index < -0.39 is 7.14 Å². The summed E-state index contributed by atoms with van der Waals surface area (Å²) in [6.45, 7) is 3.11. The Kier molecular flexibility index (Phi) is 3.01. The zero-order chi connectivity index (χ0) is 10.1. The van der Waals surface area contributed by atoms with Crippen molar-refractivity contribution in [3.63, 3.8) is 0 Å². The molecule has 1 heterocycles. The molecule has 4 nitrogen and oxygen atoms in total. The van der Waals surface area contributed by atoms with Crippen LogP contribution in [-0.4, -0.2) is 62.0 Å². The van der Waals surface area contributed by atoms with Crippen LogP contribution < -0.4 is 0 Å². The number of nitrogens with zero attached hydrogens (tertiary/aromatic N) is 2. The highest BCUT2D eigenvalue weighted by Gasteiger charge is 2.27. The van der Waals surface area contributed by atoms with Gasteiger partial charge in [-0.2, -0.15) is 0 Å². The van der Waals surface area contributed by atoms with Crippen molar-refractivity contribution >= 4 is 13.2 Å². The molecule has 0 aromatic heterocycles. The molecule has 0 aliphatic carbocycles. The monoisotopic (exact) mass is 204 g/mol. The third kappa shape index (κ3) is 2.73. The second-order valence-corrected chi connectivity index (χ2v) is 7.40. The van der Waals surface area contributed by atoms with Crippen LogP contribution in [-0.2, 0) is 4.57 Å². The summed E-state index contributed by atoms with van der Waals surface area (Å²) in [5.74, 6) is 0. The molecule has 76 valence electrons. The first-order valence-corrected chi connectivity index (χ1v) is 6.96. The minimum atomic E-state index is -1.91. The molecule has 0 spiro atoms. The average molecular weight is 204 g/mol. The average Bonchev–Trinajstić information content (AvgIpc) is 2.03. The molecule has 5 heteroatoms. The Hall–Kier alpha value is -0.500. The SMILES string of the molecule is CN(C)C(=O)N1CCP(C)(=O)CC1. The van der Waals surface area contributed by atoms with Crippen molar-refractivity contribution in [3.8, 4) is 0 Å². The molecule has 0 radical (unpaired) electrons. The maximum Gasteiger partial charge on any atom is 0.319 e. The van der Waals surface area contributed by atoms with E-state index in [-0.39, 0.29) is 6.03 Å². The van der Waals surface area contributed by atoms with E-state index >= 15 is 0 Å². The van der Waals surface area contributed by atoms with Gasteiger partial charge in [-0.05, 0) is 6.66 Å². The molecule has 0 bridgehead atoms. The molecule has 0 aromatic carbocycles. The molecule has 1 rings (SSSR count). The Morgan fingerprint density at radius 3 is 2.15 bits per heavy atom. The van der Waals surface area contributed by atoms with E-state index in [1.54, 1.807) is 23.9 Å². The van der Waals surface area contributed by atoms with Gasteiger partial charge in [0.15, 0.2) is 0 Å². The molecule has 1 saturated heterocycles. The standard InChI is InChI=1S/C8H17N2O2P/c1-9(2)8(11)10-4-6-13(3,12)7-5-10/h4-7H2,1-3H3. The van der Waals surface area contributed by atoms with Gasteiger partial charge in [0, 0.05) is 39.5 Å². The second-order valence-electron chi connectivity index (χ2n) is 3.91. The zero-order valence-electron chi connectivity index (χ0n) is 8.49. The van der Waals surface area contributed by atoms with Gasteiger partial charge in [-0.3, -0.25) is 0 Å². The van der Waals surface area contributed by atoms with E-state index in [0.29, 0.717) is 25.4 Å². The summed E-state index contributed by atoms with van der Waals surface area (Å²) < 4.78 is 11.6. The van der Waals surface area contributed by atoms with Crippen molar-refractivity contribution in [2.24, 2.45) is 0 Å². The van der Waals surface area contributed by atoms with Crippen LogP contribution in [0.1, 0.15) is 0 Å². The summed E-state index contributed by atoms with van der Waals surface area (Å²) in [4.78, 5) is 14.8. The molecular weight excluding hydrogens is 187 g/mol. The Morgan fingerprint density at radius 1 is 1.31 bits per heavy atom. The lowest BCUT2D eigenvalue weighted by atomic mass is 10.5. The number of hydrogen-bond acceptors (Lipinski definition) is 2. The number of rotatable bonds is 0. The number of urea groups is 1. The molecule has 0 atom stereocenters. The highest BCUT2D eigenvalue weighted by Crippen LogP contribution is 2.42. The van der Waals surface area contributed by atoms with E-state index in [1.807, 2.05) is 6.66 Å². The van der Waals surface area contributed by atoms with E-state index in [4.69, 9.17) is 0 Å². The molecule has 2 amide bonds. The van der Waals surface area contributed by atoms with E-state index in [0.717, 1.165) is 0 Å². The molecule has 0 unspecified atom stereocenters. The lowest BCUT2D eigenvalue weighted by Gasteiger charge is -2.32. The van der Waals surface area contributed by atoms with Gasteiger partial charge in [0.05, 0.1) is 7.14 Å². The fraction of sp³-hybridized carbons (Fsp3) is 0.875. The molecule has 1 aliphatic heterocycles. The highest BCUT2D eigenvalue weighted by atomic mass is 31.2. The van der Waals surface area contributed by atoms with Gasteiger partial charge in [0.25, 0.3) is 0 Å². The fourth-order valence-electron chi connectivity index (χ4n) is 1.36. The molecule has 0 N–H and O–H groups in total. The second kappa shape index (κ2) is 3.70. The summed E-state index contributed by atoms with van der Waals surface area (Å²) in [5.41, 5.74) is 0. The quantitative estimate of drug-likeness (QED) is 0.552. The number of amides is 2. The minimum absolute atomic E-state index is 0.0275. The van der Waals surface area contributed by atoms with Crippen LogP contribution in [0.25, 0.3) is 0 Å². The fourth-order valence-corrected chi connectivity index (χ4v) is 2.91. The molecule has 0 aromatic rings. The van der Waals surface area contributed by atoms with Crippen molar-refractivity contribution in [3.05, 3.63) is 0 Å². The summed E-state index contributed by atoms with van der Waals surface area (Å²) >= 11 is 0. The first kappa shape index (κ1) is 10.6. The number of carbonyl (C=O) groups excluding carboxylic acids is 1. The summed E-state index contributed by atoms with van der Waals surface area (Å²) in [5, 5.41) is 0. The smallest absolute Gasteiger partial charge is 0.319 e. The van der Waals surface area contributed by atoms with E-state index in [1.165, 1.54) is 0 Å². The Balaban J connectivity index is 2.50. The topological polar surface area (TPSA) is 40.6 Å². The van der Waals surface area contributed by atoms with Crippen LogP contribution in [0.4, 0.5) is 4.79 Å². The Labute approximate surface area is 79.3 Å². The zero-order valence-corrected chi connectivity index (χ0v) is 9.38. The first-order valence-electron chi connectivity index (χ1n) is 4.44. The summed E-state index contributed by atoms with van der Waals surface area (Å²) in [7, 11) is 1.57. The van der Waals surface area contributed by atoms with Crippen LogP contribution in [0, 0.1) is 0 Å². The van der Waals surface area contributed by atoms with Crippen LogP contribution in [0.2, 0.25) is 0 Å². The lowest BCUT2D eigenvalue weighted by Crippen LogP contribution is -2.44. The predicted octanol–water partition coefficient (Wildman–Crippen LogP) is 0.976. The van der Waals surface area contributed by atoms with Crippen molar-refractivity contribution in [1.82, 2.24) is 9.80 Å². The normalized spacial score (nSPS) is 21.3. The van der Waals surface area contributed by atoms with Crippen molar-refractivity contribution < 1.29 is 9.36 Å². The van der Waals surface area contributed by atoms with Crippen molar-refractivity contribution in [2.75, 3.05) is 46.2 Å². The largest absolute Gasteiger partial charge is 0.331 e. The van der Waals surface area contributed by atoms with Crippen LogP contribution >= 0.6 is 7.14 Å². The highest BCUT2D eigenvalue weighted by molar-refractivity contribution is 7.63. The number of carbonyl (C=O) groups is 1. The van der Waals surface area contributed by atoms with Gasteiger partial charge in [-0.15, -0.1) is 0 Å². The van der Waals surface area contributed by atoms with E-state index in [2.05, 4.69) is 0 Å². The molecule has 1 fully saturated rings. The Bertz CT molecular complexity index is 241. The molecule has 0 saturated carbocycles. The number of hydrogen-bond donors (Lipinski definition) is 0. The maximum absolute atomic E-state index is 11.6. The third-order valence-corrected chi connectivity index (χ3v) is 4.63. The molecule has 13 heavy (non-hydrogen) atoms. The van der Waals surface area contributed by atoms with Crippen LogP contribution in [0.3, 0.4) is 0 Å². The van der Waals surface area contributed by atoms with Gasteiger partial charge in [0.1, 0.15) is 0 Å². The van der Waals surface area contributed by atoms with Gasteiger partial charge in [-0.1, -0.05) is 0 Å². The van der Waals surface area contributed by atoms with Crippen LogP contribution in [0.15, 0.2) is 0 Å². The lowest BCUT2D eigenvalue weighted by molar-refractivity contribution is 0.175. The minimum Gasteiger partial charge on any atom is -0.331 e. The molecular formula is C8H17N2O2P. The predicted molar refractivity (Wildman–Crippen MR) is 53.9 cm³/mol. The van der Waals surface area contributed by atoms with Crippen molar-refractivity contribution in [1.29, 1.82) is 0 Å². The van der Waals surface area contributed by atoms with Gasteiger partial charge < -0.3 is 14.4 Å². The Morgan fingerprint density at radius 2 is 1.77 bits per heavy atom. The van der Waals surface area contributed by atoms with Gasteiger partial charge >= 0.3 is 6.03 Å². The summed E-state index contributed by atoms with van der Waals surface area (Å²) in [6, 6.07) is 0.0275. The summed E-state index contributed by atoms with van der Waals surface area (Å²) in [6.07, 6.45) is 1.35. The van der Waals surface area contributed by atoms with Crippen LogP contribution in [0.5, 0.6) is 0 Å². The van der Waals surface area contributed by atoms with E-state index in [9.17, 15) is 9.36 Å². The van der Waals surface area contributed by atoms with Crippen molar-refractivity contribution in [2.45, 2.75) is 0 Å².